The van der Waals surface area contributed by atoms with Crippen molar-refractivity contribution in [2.45, 2.75) is 104 Å². The van der Waals surface area contributed by atoms with Crippen molar-refractivity contribution >= 4 is 13.1 Å². The van der Waals surface area contributed by atoms with E-state index in [-0.39, 0.29) is 23.5 Å². The van der Waals surface area contributed by atoms with Crippen LogP contribution in [0.5, 0.6) is 0 Å². The summed E-state index contributed by atoms with van der Waals surface area (Å²) >= 11 is 0. The van der Waals surface area contributed by atoms with Crippen LogP contribution in [0.1, 0.15) is 84.4 Å². The maximum absolute atomic E-state index is 9.79. The molecular weight excluding hydrogens is 485 g/mol. The van der Waals surface area contributed by atoms with Crippen molar-refractivity contribution in [3.8, 4) is 6.07 Å². The molecule has 2 aliphatic heterocycles. The summed E-state index contributed by atoms with van der Waals surface area (Å²) in [4.78, 5) is 8.46. The zero-order chi connectivity index (χ0) is 28.6. The lowest BCUT2D eigenvalue weighted by molar-refractivity contribution is 0.122. The molecule has 7 atom stereocenters. The zero-order valence-corrected chi connectivity index (χ0v) is 25.7. The van der Waals surface area contributed by atoms with Crippen LogP contribution in [0.4, 0.5) is 0 Å². The van der Waals surface area contributed by atoms with Gasteiger partial charge in [-0.15, -0.1) is 0 Å². The highest BCUT2D eigenvalue weighted by atomic mass is 15.3. The maximum atomic E-state index is 9.79. The molecule has 0 spiro atoms. The predicted octanol–water partition coefficient (Wildman–Crippen LogP) is 8.81. The quantitative estimate of drug-likeness (QED) is 0.314. The third-order valence-electron chi connectivity index (χ3n) is 10.3. The second-order valence-electron chi connectivity index (χ2n) is 13.4. The summed E-state index contributed by atoms with van der Waals surface area (Å²) in [5.41, 5.74) is 5.71. The SMILES string of the molecule is CC1=CC(C#N)=CC(C)C1(C)N1C(C2=CC=CC[B]C2C)=NC([C@@H](C)CC(C)CC2CC2)C1c1ccccc1C. The van der Waals surface area contributed by atoms with E-state index in [0.717, 1.165) is 23.6 Å². The van der Waals surface area contributed by atoms with Crippen LogP contribution in [0.2, 0.25) is 12.1 Å². The van der Waals surface area contributed by atoms with E-state index in [9.17, 15) is 5.26 Å². The second kappa shape index (κ2) is 11.6. The van der Waals surface area contributed by atoms with Crippen molar-refractivity contribution in [1.82, 2.24) is 4.90 Å². The third-order valence-corrected chi connectivity index (χ3v) is 10.3. The number of hydrogen-bond acceptors (Lipinski definition) is 3. The molecule has 1 aromatic rings. The standard InChI is InChI=1S/C36H47BN3/c1-23(19-29-15-16-29)18-25(3)33-34(31-13-9-8-12-24(31)2)40(35(39-33)32-14-10-11-17-37-28(32)6)36(7)26(4)20-30(22-38)21-27(36)5/h8-14,20-21,23,25-26,28-29,33-34H,15-19H2,1-7H3/t23?,25-,26?,28?,33?,34?,36?/m0/s1. The average Bonchev–Trinajstić information content (AvgIpc) is 3.68. The largest absolute Gasteiger partial charge is 0.338 e. The summed E-state index contributed by atoms with van der Waals surface area (Å²) in [5.74, 6) is 3.74. The summed E-state index contributed by atoms with van der Waals surface area (Å²) in [6.07, 6.45) is 17.4. The molecule has 4 aliphatic rings. The Morgan fingerprint density at radius 3 is 2.60 bits per heavy atom. The zero-order valence-electron chi connectivity index (χ0n) is 25.7. The molecule has 209 valence electrons. The molecule has 4 heteroatoms. The van der Waals surface area contributed by atoms with Crippen LogP contribution >= 0.6 is 0 Å². The molecule has 0 aromatic heterocycles. The minimum Gasteiger partial charge on any atom is -0.338 e. The third kappa shape index (κ3) is 5.42. The van der Waals surface area contributed by atoms with E-state index in [4.69, 9.17) is 4.99 Å². The van der Waals surface area contributed by atoms with Crippen LogP contribution in [0.15, 0.2) is 76.4 Å². The van der Waals surface area contributed by atoms with E-state index in [2.05, 4.69) is 121 Å². The molecule has 40 heavy (non-hydrogen) atoms. The van der Waals surface area contributed by atoms with Crippen molar-refractivity contribution < 1.29 is 0 Å². The Balaban J connectivity index is 1.67. The second-order valence-corrected chi connectivity index (χ2v) is 13.4. The molecule has 3 nitrogen and oxygen atoms in total. The van der Waals surface area contributed by atoms with E-state index in [1.165, 1.54) is 48.0 Å². The Morgan fingerprint density at radius 1 is 1.18 bits per heavy atom. The number of nitriles is 1. The van der Waals surface area contributed by atoms with Crippen molar-refractivity contribution in [2.75, 3.05) is 0 Å². The van der Waals surface area contributed by atoms with Crippen molar-refractivity contribution in [3.63, 3.8) is 0 Å². The fourth-order valence-electron chi connectivity index (χ4n) is 7.54. The monoisotopic (exact) mass is 532 g/mol. The first-order valence-electron chi connectivity index (χ1n) is 15.6. The lowest BCUT2D eigenvalue weighted by Crippen LogP contribution is -2.56. The molecule has 2 heterocycles. The fraction of sp³-hybridized carbons (Fsp3) is 0.556. The summed E-state index contributed by atoms with van der Waals surface area (Å²) in [5, 5.41) is 9.79. The van der Waals surface area contributed by atoms with Crippen molar-refractivity contribution in [1.29, 1.82) is 5.26 Å². The summed E-state index contributed by atoms with van der Waals surface area (Å²) in [6.45, 7) is 16.4. The van der Waals surface area contributed by atoms with Crippen LogP contribution in [0.3, 0.4) is 0 Å². The molecule has 6 unspecified atom stereocenters. The first kappa shape index (κ1) is 28.7. The number of amidine groups is 1. The van der Waals surface area contributed by atoms with Gasteiger partial charge in [0.15, 0.2) is 0 Å². The smallest absolute Gasteiger partial charge is 0.127 e. The van der Waals surface area contributed by atoms with Gasteiger partial charge in [-0.05, 0) is 85.5 Å². The van der Waals surface area contributed by atoms with Gasteiger partial charge in [0, 0.05) is 11.5 Å². The predicted molar refractivity (Wildman–Crippen MR) is 169 cm³/mol. The van der Waals surface area contributed by atoms with Gasteiger partial charge in [0.05, 0.1) is 23.7 Å². The molecule has 0 amide bonds. The number of aliphatic imine (C=N–C) groups is 1. The number of hydrogen-bond donors (Lipinski definition) is 0. The van der Waals surface area contributed by atoms with Crippen LogP contribution < -0.4 is 0 Å². The van der Waals surface area contributed by atoms with Crippen LogP contribution in [0, 0.1) is 41.9 Å². The minimum atomic E-state index is -0.309. The lowest BCUT2D eigenvalue weighted by atomic mass is 9.60. The van der Waals surface area contributed by atoms with Gasteiger partial charge in [0.2, 0.25) is 0 Å². The van der Waals surface area contributed by atoms with Crippen molar-refractivity contribution in [2.24, 2.45) is 28.7 Å². The molecule has 1 radical (unpaired) electrons. The van der Waals surface area contributed by atoms with Crippen LogP contribution in [-0.2, 0) is 0 Å². The Bertz CT molecular complexity index is 1310. The van der Waals surface area contributed by atoms with Crippen molar-refractivity contribution in [3.05, 3.63) is 82.5 Å². The van der Waals surface area contributed by atoms with E-state index in [1.807, 2.05) is 0 Å². The average molecular weight is 533 g/mol. The highest BCUT2D eigenvalue weighted by Gasteiger charge is 2.52. The Kier molecular flexibility index (Phi) is 8.33. The van der Waals surface area contributed by atoms with E-state index in [1.54, 1.807) is 0 Å². The molecule has 0 N–H and O–H groups in total. The number of rotatable bonds is 8. The molecule has 0 saturated heterocycles. The molecule has 1 saturated carbocycles. The Morgan fingerprint density at radius 2 is 1.93 bits per heavy atom. The van der Waals surface area contributed by atoms with Gasteiger partial charge in [-0.3, -0.25) is 4.99 Å². The topological polar surface area (TPSA) is 39.4 Å². The van der Waals surface area contributed by atoms with E-state index in [0.29, 0.717) is 17.7 Å². The molecule has 2 aliphatic carbocycles. The molecular formula is C36H47BN3. The molecule has 5 rings (SSSR count). The maximum Gasteiger partial charge on any atom is 0.127 e. The van der Waals surface area contributed by atoms with Gasteiger partial charge >= 0.3 is 0 Å². The lowest BCUT2D eigenvalue weighted by Gasteiger charge is -2.51. The number of aryl methyl sites for hydroxylation is 1. The van der Waals surface area contributed by atoms with Gasteiger partial charge in [-0.25, -0.2) is 0 Å². The minimum absolute atomic E-state index is 0.132. The molecule has 1 aromatic carbocycles. The van der Waals surface area contributed by atoms with Gasteiger partial charge in [-0.2, -0.15) is 5.26 Å². The molecule has 0 bridgehead atoms. The van der Waals surface area contributed by atoms with E-state index >= 15 is 0 Å². The summed E-state index contributed by atoms with van der Waals surface area (Å²) in [6, 6.07) is 11.7. The normalized spacial score (nSPS) is 31.7. The fourth-order valence-corrected chi connectivity index (χ4v) is 7.54. The van der Waals surface area contributed by atoms with Gasteiger partial charge in [-0.1, -0.05) is 95.4 Å². The van der Waals surface area contributed by atoms with E-state index < -0.39 is 0 Å². The first-order valence-corrected chi connectivity index (χ1v) is 15.6. The highest BCUT2D eigenvalue weighted by Crippen LogP contribution is 2.51. The first-order chi connectivity index (χ1) is 19.1. The number of benzene rings is 1. The summed E-state index contributed by atoms with van der Waals surface area (Å²) < 4.78 is 0. The number of nitrogens with zero attached hydrogens (tertiary/aromatic N) is 3. The number of allylic oxidation sites excluding steroid dienone is 5. The van der Waals surface area contributed by atoms with Gasteiger partial charge in [0.1, 0.15) is 13.1 Å². The van der Waals surface area contributed by atoms with Gasteiger partial charge < -0.3 is 4.90 Å². The van der Waals surface area contributed by atoms with Crippen LogP contribution in [0.25, 0.3) is 0 Å². The van der Waals surface area contributed by atoms with Gasteiger partial charge in [0.25, 0.3) is 0 Å². The highest BCUT2D eigenvalue weighted by molar-refractivity contribution is 6.41. The Labute approximate surface area is 244 Å². The molecule has 1 fully saturated rings. The Hall–Kier alpha value is -2.80. The van der Waals surface area contributed by atoms with Crippen LogP contribution in [-0.4, -0.2) is 29.6 Å². The summed E-state index contributed by atoms with van der Waals surface area (Å²) in [7, 11) is 2.41.